The molecule has 0 fully saturated rings. The molecule has 0 aliphatic heterocycles. The molecule has 1 aromatic carbocycles. The summed E-state index contributed by atoms with van der Waals surface area (Å²) in [4.78, 5) is 27.2. The first kappa shape index (κ1) is 16.9. The number of benzene rings is 1. The first-order valence-corrected chi connectivity index (χ1v) is 8.26. The second-order valence-electron chi connectivity index (χ2n) is 6.00. The SMILES string of the molecule is CCCn1nc(NC(=O)CCC(=O)[O-])c2cc3cccc(C)c3nc21. The minimum Gasteiger partial charge on any atom is -0.550 e. The van der Waals surface area contributed by atoms with Crippen LogP contribution in [0, 0.1) is 6.92 Å². The first-order valence-electron chi connectivity index (χ1n) is 8.26. The molecular weight excluding hydrogens is 320 g/mol. The number of aromatic nitrogens is 3. The van der Waals surface area contributed by atoms with Crippen LogP contribution in [0.15, 0.2) is 24.3 Å². The molecule has 7 nitrogen and oxygen atoms in total. The number of anilines is 1. The Bertz CT molecular complexity index is 962. The van der Waals surface area contributed by atoms with Gasteiger partial charge in [0.25, 0.3) is 0 Å². The van der Waals surface area contributed by atoms with E-state index in [1.165, 1.54) is 0 Å². The number of amides is 1. The van der Waals surface area contributed by atoms with E-state index in [2.05, 4.69) is 10.4 Å². The summed E-state index contributed by atoms with van der Waals surface area (Å²) >= 11 is 0. The number of nitrogens with one attached hydrogen (secondary N) is 1. The molecule has 0 radical (unpaired) electrons. The van der Waals surface area contributed by atoms with Crippen molar-refractivity contribution >= 4 is 39.6 Å². The third-order valence-electron chi connectivity index (χ3n) is 4.00. The molecular formula is C18H19N4O3-. The van der Waals surface area contributed by atoms with Gasteiger partial charge in [0, 0.05) is 24.3 Å². The van der Waals surface area contributed by atoms with E-state index in [4.69, 9.17) is 4.98 Å². The number of pyridine rings is 1. The van der Waals surface area contributed by atoms with Crippen molar-refractivity contribution in [3.63, 3.8) is 0 Å². The molecule has 0 unspecified atom stereocenters. The van der Waals surface area contributed by atoms with Crippen molar-refractivity contribution in [1.29, 1.82) is 0 Å². The number of carboxylic acids is 1. The van der Waals surface area contributed by atoms with Gasteiger partial charge in [0.2, 0.25) is 5.91 Å². The summed E-state index contributed by atoms with van der Waals surface area (Å²) in [6, 6.07) is 7.88. The van der Waals surface area contributed by atoms with Crippen molar-refractivity contribution in [2.24, 2.45) is 0 Å². The third-order valence-corrected chi connectivity index (χ3v) is 4.00. The Hall–Kier alpha value is -2.96. The number of rotatable bonds is 6. The van der Waals surface area contributed by atoms with Crippen LogP contribution in [0.1, 0.15) is 31.7 Å². The monoisotopic (exact) mass is 339 g/mol. The van der Waals surface area contributed by atoms with Crippen LogP contribution in [0.5, 0.6) is 0 Å². The lowest BCUT2D eigenvalue weighted by Crippen LogP contribution is -2.24. The standard InChI is InChI=1S/C18H20N4O3/c1-3-9-22-18-13(10-12-6-4-5-11(2)16(12)20-18)17(21-22)19-14(23)7-8-15(24)25/h4-6,10H,3,7-9H2,1-2H3,(H,24,25)(H,19,21,23)/p-1. The lowest BCUT2D eigenvalue weighted by molar-refractivity contribution is -0.305. The quantitative estimate of drug-likeness (QED) is 0.738. The Morgan fingerprint density at radius 2 is 2.08 bits per heavy atom. The number of hydrogen-bond donors (Lipinski definition) is 1. The molecule has 0 bridgehead atoms. The van der Waals surface area contributed by atoms with Crippen LogP contribution >= 0.6 is 0 Å². The van der Waals surface area contributed by atoms with Gasteiger partial charge in [0.15, 0.2) is 11.5 Å². The summed E-state index contributed by atoms with van der Waals surface area (Å²) in [6.07, 6.45) is 0.409. The molecule has 0 atom stereocenters. The number of carbonyl (C=O) groups excluding carboxylic acids is 2. The minimum atomic E-state index is -1.25. The minimum absolute atomic E-state index is 0.148. The normalized spacial score (nSPS) is 11.1. The van der Waals surface area contributed by atoms with Gasteiger partial charge in [-0.05, 0) is 31.4 Å². The van der Waals surface area contributed by atoms with E-state index >= 15 is 0 Å². The average Bonchev–Trinajstić information content (AvgIpc) is 2.89. The highest BCUT2D eigenvalue weighted by atomic mass is 16.4. The van der Waals surface area contributed by atoms with Gasteiger partial charge < -0.3 is 15.2 Å². The van der Waals surface area contributed by atoms with Crippen molar-refractivity contribution < 1.29 is 14.7 Å². The zero-order valence-corrected chi connectivity index (χ0v) is 14.2. The Labute approximate surface area is 144 Å². The summed E-state index contributed by atoms with van der Waals surface area (Å²) in [5.41, 5.74) is 2.68. The molecule has 2 aromatic heterocycles. The van der Waals surface area contributed by atoms with Crippen molar-refractivity contribution in [3.05, 3.63) is 29.8 Å². The largest absolute Gasteiger partial charge is 0.550 e. The molecule has 130 valence electrons. The number of hydrogen-bond acceptors (Lipinski definition) is 5. The second kappa shape index (κ2) is 6.88. The molecule has 0 saturated carbocycles. The molecule has 0 spiro atoms. The fourth-order valence-corrected chi connectivity index (χ4v) is 2.80. The molecule has 7 heteroatoms. The maximum atomic E-state index is 12.0. The Morgan fingerprint density at radius 3 is 2.80 bits per heavy atom. The number of aliphatic carboxylic acids is 1. The zero-order valence-electron chi connectivity index (χ0n) is 14.2. The van der Waals surface area contributed by atoms with Crippen LogP contribution in [0.2, 0.25) is 0 Å². The van der Waals surface area contributed by atoms with E-state index in [-0.39, 0.29) is 12.8 Å². The van der Waals surface area contributed by atoms with Gasteiger partial charge in [-0.1, -0.05) is 25.1 Å². The van der Waals surface area contributed by atoms with E-state index in [0.717, 1.165) is 28.3 Å². The summed E-state index contributed by atoms with van der Waals surface area (Å²) in [7, 11) is 0. The van der Waals surface area contributed by atoms with E-state index in [1.807, 2.05) is 38.1 Å². The number of nitrogens with zero attached hydrogens (tertiary/aromatic N) is 3. The highest BCUT2D eigenvalue weighted by Gasteiger charge is 2.15. The number of fused-ring (bicyclic) bond motifs is 2. The van der Waals surface area contributed by atoms with Gasteiger partial charge in [-0.25, -0.2) is 9.67 Å². The van der Waals surface area contributed by atoms with E-state index in [1.54, 1.807) is 4.68 Å². The predicted octanol–water partition coefficient (Wildman–Crippen LogP) is 1.77. The highest BCUT2D eigenvalue weighted by molar-refractivity contribution is 6.03. The van der Waals surface area contributed by atoms with Crippen LogP contribution in [0.25, 0.3) is 21.9 Å². The lowest BCUT2D eigenvalue weighted by atomic mass is 10.1. The molecule has 2 heterocycles. The maximum absolute atomic E-state index is 12.0. The van der Waals surface area contributed by atoms with Crippen molar-refractivity contribution in [1.82, 2.24) is 14.8 Å². The summed E-state index contributed by atoms with van der Waals surface area (Å²) < 4.78 is 1.77. The molecule has 1 N–H and O–H groups in total. The van der Waals surface area contributed by atoms with Crippen LogP contribution < -0.4 is 10.4 Å². The van der Waals surface area contributed by atoms with Crippen LogP contribution in [-0.2, 0) is 16.1 Å². The maximum Gasteiger partial charge on any atom is 0.225 e. The van der Waals surface area contributed by atoms with Crippen LogP contribution in [0.3, 0.4) is 0 Å². The molecule has 1 amide bonds. The molecule has 25 heavy (non-hydrogen) atoms. The molecule has 0 aliphatic carbocycles. The molecule has 0 saturated heterocycles. The van der Waals surface area contributed by atoms with Gasteiger partial charge in [0.05, 0.1) is 10.9 Å². The van der Waals surface area contributed by atoms with E-state index < -0.39 is 11.9 Å². The lowest BCUT2D eigenvalue weighted by Gasteiger charge is -2.04. The molecule has 0 aliphatic rings. The van der Waals surface area contributed by atoms with Crippen LogP contribution in [-0.4, -0.2) is 26.6 Å². The van der Waals surface area contributed by atoms with Crippen molar-refractivity contribution in [2.75, 3.05) is 5.32 Å². The van der Waals surface area contributed by atoms with E-state index in [0.29, 0.717) is 18.0 Å². The zero-order chi connectivity index (χ0) is 18.0. The number of carboxylic acid groups (broad SMARTS) is 1. The fourth-order valence-electron chi connectivity index (χ4n) is 2.80. The highest BCUT2D eigenvalue weighted by Crippen LogP contribution is 2.27. The molecule has 3 aromatic rings. The third kappa shape index (κ3) is 3.45. The van der Waals surface area contributed by atoms with Gasteiger partial charge >= 0.3 is 0 Å². The van der Waals surface area contributed by atoms with E-state index in [9.17, 15) is 14.7 Å². The summed E-state index contributed by atoms with van der Waals surface area (Å²) in [5, 5.41) is 19.4. The Balaban J connectivity index is 2.05. The van der Waals surface area contributed by atoms with Gasteiger partial charge in [-0.3, -0.25) is 4.79 Å². The number of aryl methyl sites for hydroxylation is 2. The van der Waals surface area contributed by atoms with Crippen molar-refractivity contribution in [2.45, 2.75) is 39.7 Å². The Morgan fingerprint density at radius 1 is 1.28 bits per heavy atom. The smallest absolute Gasteiger partial charge is 0.225 e. The summed E-state index contributed by atoms with van der Waals surface area (Å²) in [6.45, 7) is 4.72. The number of para-hydroxylation sites is 1. The second-order valence-corrected chi connectivity index (χ2v) is 6.00. The predicted molar refractivity (Wildman–Crippen MR) is 92.9 cm³/mol. The van der Waals surface area contributed by atoms with Gasteiger partial charge in [-0.2, -0.15) is 5.10 Å². The topological polar surface area (TPSA) is 99.9 Å². The average molecular weight is 339 g/mol. The first-order chi connectivity index (χ1) is 12.0. The fraction of sp³-hybridized carbons (Fsp3) is 0.333. The van der Waals surface area contributed by atoms with Gasteiger partial charge in [0.1, 0.15) is 0 Å². The summed E-state index contributed by atoms with van der Waals surface area (Å²) in [5.74, 6) is -1.25. The van der Waals surface area contributed by atoms with Crippen LogP contribution in [0.4, 0.5) is 5.82 Å². The molecule has 3 rings (SSSR count). The van der Waals surface area contributed by atoms with Crippen molar-refractivity contribution in [3.8, 4) is 0 Å². The van der Waals surface area contributed by atoms with Gasteiger partial charge in [-0.15, -0.1) is 0 Å². The number of carbonyl (C=O) groups is 2. The Kier molecular flexibility index (Phi) is 4.65.